The summed E-state index contributed by atoms with van der Waals surface area (Å²) in [6.45, 7) is 0.175. The lowest BCUT2D eigenvalue weighted by atomic mass is 9.77. The van der Waals surface area contributed by atoms with Crippen LogP contribution in [-0.4, -0.2) is 35.2 Å². The molecule has 114 valence electrons. The zero-order valence-corrected chi connectivity index (χ0v) is 12.0. The Bertz CT molecular complexity index is 736. The highest BCUT2D eigenvalue weighted by molar-refractivity contribution is 6.30. The second kappa shape index (κ2) is 4.30. The first-order valence-corrected chi connectivity index (χ1v) is 7.17. The van der Waals surface area contributed by atoms with Crippen molar-refractivity contribution in [1.29, 1.82) is 0 Å². The minimum atomic E-state index is -1.06. The van der Waals surface area contributed by atoms with Crippen molar-refractivity contribution in [3.8, 4) is 0 Å². The maximum absolute atomic E-state index is 13.6. The van der Waals surface area contributed by atoms with Gasteiger partial charge in [0.15, 0.2) is 0 Å². The molecule has 2 fully saturated rings. The van der Waals surface area contributed by atoms with E-state index < -0.39 is 35.3 Å². The SMILES string of the molecule is O=C(O)[C@@H]1[C@@H]2C=C[C@@]3(CN(c4ccc(Cl)c(F)c4)C(=O)[C@@H]13)O2. The average Bonchev–Trinajstić information content (AvgIpc) is 3.10. The van der Waals surface area contributed by atoms with Crippen LogP contribution in [0.25, 0.3) is 0 Å². The predicted molar refractivity (Wildman–Crippen MR) is 75.1 cm³/mol. The summed E-state index contributed by atoms with van der Waals surface area (Å²) in [7, 11) is 0. The number of rotatable bonds is 2. The van der Waals surface area contributed by atoms with Gasteiger partial charge in [-0.25, -0.2) is 4.39 Å². The zero-order valence-electron chi connectivity index (χ0n) is 11.2. The third-order valence-electron chi connectivity index (χ3n) is 4.60. The number of amides is 1. The summed E-state index contributed by atoms with van der Waals surface area (Å²) < 4.78 is 19.4. The van der Waals surface area contributed by atoms with Gasteiger partial charge in [0.05, 0.1) is 23.6 Å². The second-order valence-electron chi connectivity index (χ2n) is 5.76. The molecule has 1 N–H and O–H groups in total. The molecule has 2 bridgehead atoms. The average molecular weight is 324 g/mol. The zero-order chi connectivity index (χ0) is 15.6. The van der Waals surface area contributed by atoms with Gasteiger partial charge in [-0.2, -0.15) is 0 Å². The Balaban J connectivity index is 1.74. The lowest BCUT2D eigenvalue weighted by Gasteiger charge is -2.21. The fourth-order valence-electron chi connectivity index (χ4n) is 3.65. The van der Waals surface area contributed by atoms with Gasteiger partial charge in [0, 0.05) is 5.69 Å². The lowest BCUT2D eigenvalue weighted by Crippen LogP contribution is -2.39. The van der Waals surface area contributed by atoms with E-state index in [-0.39, 0.29) is 17.5 Å². The van der Waals surface area contributed by atoms with Gasteiger partial charge in [-0.1, -0.05) is 23.8 Å². The van der Waals surface area contributed by atoms with Crippen molar-refractivity contribution in [1.82, 2.24) is 0 Å². The van der Waals surface area contributed by atoms with Gasteiger partial charge in [0.1, 0.15) is 17.3 Å². The lowest BCUT2D eigenvalue weighted by molar-refractivity contribution is -0.146. The summed E-state index contributed by atoms with van der Waals surface area (Å²) in [4.78, 5) is 25.5. The number of carbonyl (C=O) groups excluding carboxylic acids is 1. The van der Waals surface area contributed by atoms with Crippen molar-refractivity contribution >= 4 is 29.2 Å². The summed E-state index contributed by atoms with van der Waals surface area (Å²) >= 11 is 5.65. The Morgan fingerprint density at radius 3 is 2.95 bits per heavy atom. The number of hydrogen-bond acceptors (Lipinski definition) is 3. The van der Waals surface area contributed by atoms with E-state index in [1.807, 2.05) is 0 Å². The van der Waals surface area contributed by atoms with E-state index in [1.165, 1.54) is 23.1 Å². The van der Waals surface area contributed by atoms with Crippen LogP contribution in [0.4, 0.5) is 10.1 Å². The number of aliphatic carboxylic acids is 1. The molecule has 0 aliphatic carbocycles. The van der Waals surface area contributed by atoms with E-state index in [4.69, 9.17) is 16.3 Å². The first-order valence-electron chi connectivity index (χ1n) is 6.79. The summed E-state index contributed by atoms with van der Waals surface area (Å²) in [6.07, 6.45) is 2.87. The molecule has 1 amide bonds. The van der Waals surface area contributed by atoms with Gasteiger partial charge in [-0.15, -0.1) is 0 Å². The van der Waals surface area contributed by atoms with Crippen LogP contribution in [0.15, 0.2) is 30.4 Å². The van der Waals surface area contributed by atoms with Crippen LogP contribution in [0, 0.1) is 17.7 Å². The Morgan fingerprint density at radius 1 is 1.50 bits per heavy atom. The smallest absolute Gasteiger partial charge is 0.310 e. The van der Waals surface area contributed by atoms with Crippen LogP contribution >= 0.6 is 11.6 Å². The molecule has 4 rings (SSSR count). The largest absolute Gasteiger partial charge is 0.481 e. The second-order valence-corrected chi connectivity index (χ2v) is 6.17. The molecule has 0 aromatic heterocycles. The molecule has 1 spiro atoms. The highest BCUT2D eigenvalue weighted by Gasteiger charge is 2.67. The first-order chi connectivity index (χ1) is 10.4. The van der Waals surface area contributed by atoms with Gasteiger partial charge >= 0.3 is 5.97 Å². The number of benzene rings is 1. The fraction of sp³-hybridized carbons (Fsp3) is 0.333. The van der Waals surface area contributed by atoms with E-state index in [0.29, 0.717) is 5.69 Å². The van der Waals surface area contributed by atoms with Gasteiger partial charge in [0.2, 0.25) is 5.91 Å². The molecular weight excluding hydrogens is 313 g/mol. The number of nitrogens with zero attached hydrogens (tertiary/aromatic N) is 1. The molecule has 0 radical (unpaired) electrons. The van der Waals surface area contributed by atoms with Crippen LogP contribution < -0.4 is 4.90 Å². The van der Waals surface area contributed by atoms with Gasteiger partial charge in [-0.05, 0) is 18.2 Å². The van der Waals surface area contributed by atoms with Crippen molar-refractivity contribution in [2.45, 2.75) is 11.7 Å². The van der Waals surface area contributed by atoms with Crippen molar-refractivity contribution in [2.75, 3.05) is 11.4 Å². The van der Waals surface area contributed by atoms with E-state index in [0.717, 1.165) is 0 Å². The molecule has 0 saturated carbocycles. The van der Waals surface area contributed by atoms with Crippen LogP contribution in [0.3, 0.4) is 0 Å². The van der Waals surface area contributed by atoms with Crippen molar-refractivity contribution < 1.29 is 23.8 Å². The minimum absolute atomic E-state index is 0.0331. The number of carboxylic acids is 1. The molecular formula is C15H11ClFNO4. The maximum Gasteiger partial charge on any atom is 0.310 e. The minimum Gasteiger partial charge on any atom is -0.481 e. The molecule has 1 aromatic carbocycles. The number of hydrogen-bond donors (Lipinski definition) is 1. The van der Waals surface area contributed by atoms with Crippen LogP contribution in [0.1, 0.15) is 0 Å². The summed E-state index contributed by atoms with van der Waals surface area (Å²) in [5, 5.41) is 9.34. The molecule has 22 heavy (non-hydrogen) atoms. The van der Waals surface area contributed by atoms with Crippen LogP contribution in [0.2, 0.25) is 5.02 Å². The Labute approximate surface area is 129 Å². The third kappa shape index (κ3) is 1.62. The number of anilines is 1. The molecule has 5 nitrogen and oxygen atoms in total. The summed E-state index contributed by atoms with van der Waals surface area (Å²) in [5.74, 6) is -3.73. The Kier molecular flexibility index (Phi) is 2.68. The number of carbonyl (C=O) groups is 2. The highest BCUT2D eigenvalue weighted by atomic mass is 35.5. The number of carboxylic acid groups (broad SMARTS) is 1. The quantitative estimate of drug-likeness (QED) is 0.844. The van der Waals surface area contributed by atoms with E-state index >= 15 is 0 Å². The van der Waals surface area contributed by atoms with Gasteiger partial charge in [0.25, 0.3) is 0 Å². The van der Waals surface area contributed by atoms with Gasteiger partial charge in [-0.3, -0.25) is 9.59 Å². The van der Waals surface area contributed by atoms with E-state index in [9.17, 15) is 19.1 Å². The maximum atomic E-state index is 13.6. The predicted octanol–water partition coefficient (Wildman–Crippen LogP) is 1.85. The normalized spacial score (nSPS) is 35.3. The van der Waals surface area contributed by atoms with Gasteiger partial charge < -0.3 is 14.7 Å². The summed E-state index contributed by atoms with van der Waals surface area (Å²) in [5.41, 5.74) is -0.582. The summed E-state index contributed by atoms with van der Waals surface area (Å²) in [6, 6.07) is 4.07. The number of ether oxygens (including phenoxy) is 1. The molecule has 1 aromatic rings. The first kappa shape index (κ1) is 13.7. The molecule has 3 aliphatic rings. The molecule has 3 aliphatic heterocycles. The highest BCUT2D eigenvalue weighted by Crippen LogP contribution is 2.52. The fourth-order valence-corrected chi connectivity index (χ4v) is 3.77. The van der Waals surface area contributed by atoms with E-state index in [1.54, 1.807) is 12.2 Å². The third-order valence-corrected chi connectivity index (χ3v) is 4.91. The molecule has 0 unspecified atom stereocenters. The number of fused-ring (bicyclic) bond motifs is 1. The van der Waals surface area contributed by atoms with Crippen molar-refractivity contribution in [3.05, 3.63) is 41.2 Å². The Hall–Kier alpha value is -1.92. The van der Waals surface area contributed by atoms with E-state index in [2.05, 4.69) is 0 Å². The standard InChI is InChI=1S/C15H11ClFNO4/c16-8-2-1-7(5-9(8)17)18-6-15-4-3-10(22-15)11(14(20)21)12(15)13(18)19/h1-5,10-12H,6H2,(H,20,21)/t10-,11+,12+,15-/m0/s1. The molecule has 3 heterocycles. The number of halogens is 2. The molecule has 7 heteroatoms. The van der Waals surface area contributed by atoms with Crippen LogP contribution in [-0.2, 0) is 14.3 Å². The van der Waals surface area contributed by atoms with Crippen LogP contribution in [0.5, 0.6) is 0 Å². The Morgan fingerprint density at radius 2 is 2.27 bits per heavy atom. The molecule has 4 atom stereocenters. The monoisotopic (exact) mass is 323 g/mol. The van der Waals surface area contributed by atoms with Crippen molar-refractivity contribution in [2.24, 2.45) is 11.8 Å². The topological polar surface area (TPSA) is 66.8 Å². The molecule has 2 saturated heterocycles. The van der Waals surface area contributed by atoms with Crippen molar-refractivity contribution in [3.63, 3.8) is 0 Å².